The maximum atomic E-state index is 5.96. The molecule has 3 aromatic rings. The lowest BCUT2D eigenvalue weighted by atomic mass is 10.1. The lowest BCUT2D eigenvalue weighted by Gasteiger charge is -2.12. The molecule has 0 amide bonds. The Kier molecular flexibility index (Phi) is 7.32. The molecule has 8 nitrogen and oxygen atoms in total. The third-order valence-electron chi connectivity index (χ3n) is 6.25. The van der Waals surface area contributed by atoms with E-state index in [9.17, 15) is 0 Å². The number of allylic oxidation sites excluding steroid dienone is 1. The normalized spacial score (nSPS) is 15.7. The minimum Gasteiger partial charge on any atom is -0.404 e. The van der Waals surface area contributed by atoms with Gasteiger partial charge < -0.3 is 10.6 Å². The molecule has 1 aliphatic rings. The Bertz CT molecular complexity index is 1070. The van der Waals surface area contributed by atoms with Gasteiger partial charge in [-0.2, -0.15) is 10.2 Å². The first-order chi connectivity index (χ1) is 15.7. The quantitative estimate of drug-likeness (QED) is 0.387. The third-order valence-corrected chi connectivity index (χ3v) is 6.25. The highest BCUT2D eigenvalue weighted by Crippen LogP contribution is 2.26. The number of aromatic nitrogens is 5. The molecule has 0 bridgehead atoms. The molecule has 32 heavy (non-hydrogen) atoms. The highest BCUT2D eigenvalue weighted by atomic mass is 15.3. The number of aliphatic imine (C=N–C) groups is 1. The van der Waals surface area contributed by atoms with Crippen molar-refractivity contribution in [1.29, 1.82) is 0 Å². The van der Waals surface area contributed by atoms with Gasteiger partial charge in [0.2, 0.25) is 0 Å². The Hall–Kier alpha value is -3.00. The van der Waals surface area contributed by atoms with Crippen LogP contribution in [0.3, 0.4) is 0 Å². The molecule has 0 atom stereocenters. The van der Waals surface area contributed by atoms with Crippen LogP contribution >= 0.6 is 0 Å². The SMILES string of the molecule is CCC(CC)n1cc(-c2nc(C(C=NCCCN3CCCC3)=CN)cn3nccc23)cn1. The minimum absolute atomic E-state index is 0.389. The predicted molar refractivity (Wildman–Crippen MR) is 130 cm³/mol. The second-order valence-electron chi connectivity index (χ2n) is 8.37. The second-order valence-corrected chi connectivity index (χ2v) is 8.37. The molecule has 1 saturated heterocycles. The van der Waals surface area contributed by atoms with Crippen molar-refractivity contribution < 1.29 is 0 Å². The van der Waals surface area contributed by atoms with Gasteiger partial charge in [0.25, 0.3) is 0 Å². The van der Waals surface area contributed by atoms with Gasteiger partial charge in [-0.05, 0) is 57.8 Å². The molecular formula is C24H34N8. The maximum Gasteiger partial charge on any atom is 0.0999 e. The van der Waals surface area contributed by atoms with Crippen molar-refractivity contribution in [2.24, 2.45) is 10.7 Å². The number of likely N-dealkylation sites (tertiary alicyclic amines) is 1. The number of fused-ring (bicyclic) bond motifs is 1. The minimum atomic E-state index is 0.389. The number of hydrogen-bond donors (Lipinski definition) is 1. The Balaban J connectivity index is 1.54. The van der Waals surface area contributed by atoms with Crippen LogP contribution in [0.5, 0.6) is 0 Å². The van der Waals surface area contributed by atoms with Crippen molar-refractivity contribution in [1.82, 2.24) is 29.3 Å². The molecule has 0 aliphatic carbocycles. The Morgan fingerprint density at radius 1 is 1.19 bits per heavy atom. The van der Waals surface area contributed by atoms with E-state index in [4.69, 9.17) is 10.7 Å². The lowest BCUT2D eigenvalue weighted by molar-refractivity contribution is 0.336. The van der Waals surface area contributed by atoms with Crippen molar-refractivity contribution in [3.8, 4) is 11.3 Å². The highest BCUT2D eigenvalue weighted by Gasteiger charge is 2.15. The molecule has 1 fully saturated rings. The lowest BCUT2D eigenvalue weighted by Crippen LogP contribution is -2.20. The zero-order chi connectivity index (χ0) is 22.3. The van der Waals surface area contributed by atoms with Gasteiger partial charge in [0.15, 0.2) is 0 Å². The number of hydrogen-bond acceptors (Lipinski definition) is 6. The van der Waals surface area contributed by atoms with Crippen LogP contribution in [-0.2, 0) is 0 Å². The van der Waals surface area contributed by atoms with Crippen LogP contribution < -0.4 is 5.73 Å². The molecule has 4 rings (SSSR count). The van der Waals surface area contributed by atoms with E-state index < -0.39 is 0 Å². The molecule has 1 aliphatic heterocycles. The fourth-order valence-corrected chi connectivity index (χ4v) is 4.35. The standard InChI is InChI=1S/C24H34N8/c1-3-21(4-2)31-17-20(16-28-31)24-23-8-10-27-32(23)18-22(29-24)19(14-25)15-26-9-7-13-30-11-5-6-12-30/h8,10,14-18,21H,3-7,9,11-13,25H2,1-2H3. The molecular weight excluding hydrogens is 400 g/mol. The van der Waals surface area contributed by atoms with Gasteiger partial charge in [0.1, 0.15) is 0 Å². The molecule has 2 N–H and O–H groups in total. The van der Waals surface area contributed by atoms with E-state index in [0.717, 1.165) is 60.4 Å². The van der Waals surface area contributed by atoms with Gasteiger partial charge >= 0.3 is 0 Å². The number of nitrogens with two attached hydrogens (primary N) is 1. The summed E-state index contributed by atoms with van der Waals surface area (Å²) in [6.07, 6.45) is 16.8. The smallest absolute Gasteiger partial charge is 0.0999 e. The van der Waals surface area contributed by atoms with E-state index in [1.807, 2.05) is 33.9 Å². The summed E-state index contributed by atoms with van der Waals surface area (Å²) in [5.41, 5.74) is 10.3. The van der Waals surface area contributed by atoms with Gasteiger partial charge in [-0.25, -0.2) is 9.50 Å². The number of rotatable bonds is 10. The largest absolute Gasteiger partial charge is 0.404 e. The van der Waals surface area contributed by atoms with Crippen molar-refractivity contribution >= 4 is 17.3 Å². The molecule has 0 unspecified atom stereocenters. The van der Waals surface area contributed by atoms with E-state index in [0.29, 0.717) is 6.04 Å². The van der Waals surface area contributed by atoms with Crippen molar-refractivity contribution in [3.63, 3.8) is 0 Å². The summed E-state index contributed by atoms with van der Waals surface area (Å²) in [7, 11) is 0. The van der Waals surface area contributed by atoms with E-state index in [-0.39, 0.29) is 0 Å². The average Bonchev–Trinajstić information content (AvgIpc) is 3.58. The molecule has 0 aromatic carbocycles. The van der Waals surface area contributed by atoms with Crippen LogP contribution in [0.25, 0.3) is 22.3 Å². The summed E-state index contributed by atoms with van der Waals surface area (Å²) in [5.74, 6) is 0. The van der Waals surface area contributed by atoms with Crippen LogP contribution in [0, 0.1) is 0 Å². The van der Waals surface area contributed by atoms with E-state index in [2.05, 4.69) is 40.1 Å². The summed E-state index contributed by atoms with van der Waals surface area (Å²) in [6.45, 7) is 8.72. The van der Waals surface area contributed by atoms with Crippen LogP contribution in [0.4, 0.5) is 0 Å². The Labute approximate surface area is 189 Å². The van der Waals surface area contributed by atoms with Crippen LogP contribution in [0.1, 0.15) is 57.7 Å². The average molecular weight is 435 g/mol. The van der Waals surface area contributed by atoms with Crippen LogP contribution in [0.15, 0.2) is 42.0 Å². The monoisotopic (exact) mass is 434 g/mol. The number of nitrogens with zero attached hydrogens (tertiary/aromatic N) is 7. The van der Waals surface area contributed by atoms with Crippen molar-refractivity contribution in [2.45, 2.75) is 52.0 Å². The molecule has 170 valence electrons. The van der Waals surface area contributed by atoms with Gasteiger partial charge in [-0.15, -0.1) is 0 Å². The summed E-state index contributed by atoms with van der Waals surface area (Å²) >= 11 is 0. The molecule has 8 heteroatoms. The highest BCUT2D eigenvalue weighted by molar-refractivity contribution is 6.09. The summed E-state index contributed by atoms with van der Waals surface area (Å²) in [5, 5.41) is 9.04. The molecule has 3 aromatic heterocycles. The Morgan fingerprint density at radius 2 is 2.00 bits per heavy atom. The first-order valence-electron chi connectivity index (χ1n) is 11.8. The Morgan fingerprint density at radius 3 is 2.75 bits per heavy atom. The second kappa shape index (κ2) is 10.5. The summed E-state index contributed by atoms with van der Waals surface area (Å²) < 4.78 is 3.88. The fraction of sp³-hybridized carbons (Fsp3) is 0.500. The van der Waals surface area contributed by atoms with E-state index >= 15 is 0 Å². The van der Waals surface area contributed by atoms with Gasteiger partial charge in [0.05, 0.1) is 41.5 Å². The molecule has 0 spiro atoms. The maximum absolute atomic E-state index is 5.96. The molecule has 0 radical (unpaired) electrons. The predicted octanol–water partition coefficient (Wildman–Crippen LogP) is 3.81. The summed E-state index contributed by atoms with van der Waals surface area (Å²) in [4.78, 5) is 12.1. The zero-order valence-corrected chi connectivity index (χ0v) is 19.2. The first-order valence-corrected chi connectivity index (χ1v) is 11.8. The van der Waals surface area contributed by atoms with Gasteiger partial charge in [-0.1, -0.05) is 13.8 Å². The van der Waals surface area contributed by atoms with Crippen molar-refractivity contribution in [3.05, 3.63) is 42.7 Å². The first kappa shape index (κ1) is 22.2. The van der Waals surface area contributed by atoms with Gasteiger partial charge in [0, 0.05) is 36.3 Å². The van der Waals surface area contributed by atoms with E-state index in [1.165, 1.54) is 25.9 Å². The third kappa shape index (κ3) is 4.91. The summed E-state index contributed by atoms with van der Waals surface area (Å²) in [6, 6.07) is 2.36. The molecule has 4 heterocycles. The fourth-order valence-electron chi connectivity index (χ4n) is 4.35. The van der Waals surface area contributed by atoms with E-state index in [1.54, 1.807) is 12.4 Å². The van der Waals surface area contributed by atoms with Gasteiger partial charge in [-0.3, -0.25) is 9.67 Å². The van der Waals surface area contributed by atoms with Crippen LogP contribution in [-0.4, -0.2) is 61.7 Å². The molecule has 0 saturated carbocycles. The van der Waals surface area contributed by atoms with Crippen molar-refractivity contribution in [2.75, 3.05) is 26.2 Å². The zero-order valence-electron chi connectivity index (χ0n) is 19.2. The van der Waals surface area contributed by atoms with Crippen LogP contribution in [0.2, 0.25) is 0 Å². The topological polar surface area (TPSA) is 89.6 Å².